The third-order valence-electron chi connectivity index (χ3n) is 4.59. The van der Waals surface area contributed by atoms with Crippen LogP contribution in [0.15, 0.2) is 64.5 Å². The standard InChI is InChI=1S/C21H23N3O5S/c1-15-12-18(8-9-20(15)29-3)30(26,27)23-10-11-24-14-22-19(13-21(24)25)16-4-6-17(28-2)7-5-16/h4-9,12-14,23H,10-11H2,1-3H3. The zero-order valence-corrected chi connectivity index (χ0v) is 17.8. The molecule has 2 aromatic carbocycles. The highest BCUT2D eigenvalue weighted by Crippen LogP contribution is 2.21. The van der Waals surface area contributed by atoms with Crippen LogP contribution in [0.4, 0.5) is 0 Å². The summed E-state index contributed by atoms with van der Waals surface area (Å²) in [6, 6.07) is 13.3. The summed E-state index contributed by atoms with van der Waals surface area (Å²) in [5, 5.41) is 0. The number of aromatic nitrogens is 2. The Morgan fingerprint density at radius 3 is 2.37 bits per heavy atom. The van der Waals surface area contributed by atoms with Gasteiger partial charge in [-0.25, -0.2) is 18.1 Å². The van der Waals surface area contributed by atoms with Gasteiger partial charge < -0.3 is 9.47 Å². The zero-order chi connectivity index (χ0) is 21.7. The van der Waals surface area contributed by atoms with E-state index in [4.69, 9.17) is 9.47 Å². The molecule has 158 valence electrons. The maximum Gasteiger partial charge on any atom is 0.253 e. The quantitative estimate of drug-likeness (QED) is 0.589. The van der Waals surface area contributed by atoms with Crippen molar-refractivity contribution < 1.29 is 17.9 Å². The number of sulfonamides is 1. The van der Waals surface area contributed by atoms with E-state index in [0.717, 1.165) is 11.1 Å². The van der Waals surface area contributed by atoms with Crippen LogP contribution in [0, 0.1) is 6.92 Å². The van der Waals surface area contributed by atoms with Gasteiger partial charge in [-0.1, -0.05) is 0 Å². The molecule has 0 aliphatic carbocycles. The number of hydrogen-bond donors (Lipinski definition) is 1. The molecule has 1 heterocycles. The molecule has 8 nitrogen and oxygen atoms in total. The van der Waals surface area contributed by atoms with Gasteiger partial charge in [0.1, 0.15) is 11.5 Å². The van der Waals surface area contributed by atoms with Crippen LogP contribution in [0.25, 0.3) is 11.3 Å². The van der Waals surface area contributed by atoms with E-state index in [9.17, 15) is 13.2 Å². The van der Waals surface area contributed by atoms with Crippen molar-refractivity contribution in [1.29, 1.82) is 0 Å². The minimum Gasteiger partial charge on any atom is -0.497 e. The second-order valence-corrected chi connectivity index (χ2v) is 8.33. The maximum atomic E-state index is 12.5. The molecule has 0 atom stereocenters. The van der Waals surface area contributed by atoms with Gasteiger partial charge in [-0.05, 0) is 55.0 Å². The third kappa shape index (κ3) is 4.87. The van der Waals surface area contributed by atoms with Crippen molar-refractivity contribution in [2.75, 3.05) is 20.8 Å². The molecular formula is C21H23N3O5S. The average molecular weight is 429 g/mol. The predicted octanol–water partition coefficient (Wildman–Crippen LogP) is 2.21. The molecular weight excluding hydrogens is 406 g/mol. The van der Waals surface area contributed by atoms with Crippen LogP contribution >= 0.6 is 0 Å². The van der Waals surface area contributed by atoms with Gasteiger partial charge in [0.15, 0.2) is 0 Å². The Morgan fingerprint density at radius 1 is 1.03 bits per heavy atom. The van der Waals surface area contributed by atoms with Gasteiger partial charge in [0.25, 0.3) is 5.56 Å². The normalized spacial score (nSPS) is 11.3. The molecule has 9 heteroatoms. The Bertz CT molecular complexity index is 1190. The topological polar surface area (TPSA) is 99.5 Å². The lowest BCUT2D eigenvalue weighted by Gasteiger charge is -2.11. The largest absolute Gasteiger partial charge is 0.497 e. The van der Waals surface area contributed by atoms with Crippen molar-refractivity contribution >= 4 is 10.0 Å². The number of nitrogens with zero attached hydrogens (tertiary/aromatic N) is 2. The fourth-order valence-corrected chi connectivity index (χ4v) is 4.02. The molecule has 0 amide bonds. The Hall–Kier alpha value is -3.17. The van der Waals surface area contributed by atoms with E-state index in [0.29, 0.717) is 17.2 Å². The minimum absolute atomic E-state index is 0.0525. The van der Waals surface area contributed by atoms with Crippen LogP contribution in [0.1, 0.15) is 5.56 Å². The first-order valence-electron chi connectivity index (χ1n) is 9.19. The smallest absolute Gasteiger partial charge is 0.253 e. The molecule has 0 bridgehead atoms. The predicted molar refractivity (Wildman–Crippen MR) is 113 cm³/mol. The molecule has 0 spiro atoms. The van der Waals surface area contributed by atoms with Gasteiger partial charge in [0.05, 0.1) is 31.1 Å². The summed E-state index contributed by atoms with van der Waals surface area (Å²) < 4.78 is 39.1. The second-order valence-electron chi connectivity index (χ2n) is 6.56. The van der Waals surface area contributed by atoms with Gasteiger partial charge in [-0.2, -0.15) is 0 Å². The van der Waals surface area contributed by atoms with E-state index in [1.165, 1.54) is 30.1 Å². The van der Waals surface area contributed by atoms with Gasteiger partial charge >= 0.3 is 0 Å². The lowest BCUT2D eigenvalue weighted by atomic mass is 10.1. The number of hydrogen-bond acceptors (Lipinski definition) is 6. The van der Waals surface area contributed by atoms with Gasteiger partial charge in [-0.15, -0.1) is 0 Å². The molecule has 0 radical (unpaired) electrons. The molecule has 0 aliphatic rings. The summed E-state index contributed by atoms with van der Waals surface area (Å²) in [5.74, 6) is 1.33. The molecule has 0 saturated carbocycles. The number of ether oxygens (including phenoxy) is 2. The monoisotopic (exact) mass is 429 g/mol. The summed E-state index contributed by atoms with van der Waals surface area (Å²) in [4.78, 5) is 16.8. The first-order chi connectivity index (χ1) is 14.3. The molecule has 1 N–H and O–H groups in total. The molecule has 0 aliphatic heterocycles. The Labute approximate surface area is 175 Å². The highest BCUT2D eigenvalue weighted by atomic mass is 32.2. The van der Waals surface area contributed by atoms with Gasteiger partial charge in [-0.3, -0.25) is 9.36 Å². The summed E-state index contributed by atoms with van der Waals surface area (Å²) in [5.41, 5.74) is 1.77. The van der Waals surface area contributed by atoms with Gasteiger partial charge in [0, 0.05) is 24.7 Å². The first kappa shape index (κ1) is 21.5. The number of nitrogens with one attached hydrogen (secondary N) is 1. The van der Waals surface area contributed by atoms with Crippen LogP contribution < -0.4 is 19.8 Å². The number of benzene rings is 2. The van der Waals surface area contributed by atoms with Crippen molar-refractivity contribution in [2.24, 2.45) is 0 Å². The van der Waals surface area contributed by atoms with Crippen LogP contribution in [0.5, 0.6) is 11.5 Å². The van der Waals surface area contributed by atoms with E-state index in [2.05, 4.69) is 9.71 Å². The highest BCUT2D eigenvalue weighted by molar-refractivity contribution is 7.89. The second kappa shape index (κ2) is 9.10. The third-order valence-corrected chi connectivity index (χ3v) is 6.05. The van der Waals surface area contributed by atoms with E-state index in [1.54, 1.807) is 38.3 Å². The van der Waals surface area contributed by atoms with Gasteiger partial charge in [0.2, 0.25) is 10.0 Å². The number of rotatable bonds is 8. The lowest BCUT2D eigenvalue weighted by molar-refractivity contribution is 0.411. The molecule has 0 saturated heterocycles. The van der Waals surface area contributed by atoms with Crippen LogP contribution in [0.2, 0.25) is 0 Å². The lowest BCUT2D eigenvalue weighted by Crippen LogP contribution is -2.31. The van der Waals surface area contributed by atoms with Crippen molar-refractivity contribution in [2.45, 2.75) is 18.4 Å². The van der Waals surface area contributed by atoms with Crippen molar-refractivity contribution in [3.63, 3.8) is 0 Å². The molecule has 1 aromatic heterocycles. The number of aryl methyl sites for hydroxylation is 1. The van der Waals surface area contributed by atoms with E-state index < -0.39 is 10.0 Å². The van der Waals surface area contributed by atoms with E-state index in [-0.39, 0.29) is 23.5 Å². The van der Waals surface area contributed by atoms with Crippen molar-refractivity contribution in [3.05, 3.63) is 70.8 Å². The molecule has 3 aromatic rings. The minimum atomic E-state index is -3.70. The zero-order valence-electron chi connectivity index (χ0n) is 17.0. The Morgan fingerprint density at radius 2 is 1.77 bits per heavy atom. The van der Waals surface area contributed by atoms with Crippen LogP contribution in [-0.2, 0) is 16.6 Å². The summed E-state index contributed by atoms with van der Waals surface area (Å²) in [6.45, 7) is 1.98. The number of methoxy groups -OCH3 is 2. The average Bonchev–Trinajstić information content (AvgIpc) is 2.74. The van der Waals surface area contributed by atoms with Crippen molar-refractivity contribution in [1.82, 2.24) is 14.3 Å². The SMILES string of the molecule is COc1ccc(-c2cc(=O)n(CCNS(=O)(=O)c3ccc(OC)c(C)c3)cn2)cc1. The summed E-state index contributed by atoms with van der Waals surface area (Å²) in [7, 11) is -0.592. The van der Waals surface area contributed by atoms with E-state index >= 15 is 0 Å². The highest BCUT2D eigenvalue weighted by Gasteiger charge is 2.15. The summed E-state index contributed by atoms with van der Waals surface area (Å²) >= 11 is 0. The first-order valence-corrected chi connectivity index (χ1v) is 10.7. The van der Waals surface area contributed by atoms with E-state index in [1.807, 2.05) is 12.1 Å². The maximum absolute atomic E-state index is 12.5. The molecule has 0 unspecified atom stereocenters. The van der Waals surface area contributed by atoms with Crippen LogP contribution in [-0.4, -0.2) is 38.7 Å². The Kier molecular flexibility index (Phi) is 6.53. The Balaban J connectivity index is 1.67. The molecule has 30 heavy (non-hydrogen) atoms. The fraction of sp³-hybridized carbons (Fsp3) is 0.238. The van der Waals surface area contributed by atoms with Crippen molar-refractivity contribution in [3.8, 4) is 22.8 Å². The molecule has 0 fully saturated rings. The molecule has 3 rings (SSSR count). The fourth-order valence-electron chi connectivity index (χ4n) is 2.92. The summed E-state index contributed by atoms with van der Waals surface area (Å²) in [6.07, 6.45) is 1.41. The van der Waals surface area contributed by atoms with Crippen LogP contribution in [0.3, 0.4) is 0 Å².